The van der Waals surface area contributed by atoms with Crippen LogP contribution in [0.25, 0.3) is 5.57 Å². The number of amidine groups is 1. The highest BCUT2D eigenvalue weighted by Gasteiger charge is 2.38. The van der Waals surface area contributed by atoms with Gasteiger partial charge in [0.1, 0.15) is 41.3 Å². The van der Waals surface area contributed by atoms with Crippen LogP contribution in [0.1, 0.15) is 49.4 Å². The van der Waals surface area contributed by atoms with Gasteiger partial charge in [-0.05, 0) is 70.0 Å². The van der Waals surface area contributed by atoms with E-state index in [1.807, 2.05) is 25.1 Å². The van der Waals surface area contributed by atoms with Crippen molar-refractivity contribution in [3.63, 3.8) is 0 Å². The maximum Gasteiger partial charge on any atom is 0.407 e. The van der Waals surface area contributed by atoms with Gasteiger partial charge in [0.25, 0.3) is 0 Å². The predicted molar refractivity (Wildman–Crippen MR) is 168 cm³/mol. The normalized spacial score (nSPS) is 18.8. The van der Waals surface area contributed by atoms with E-state index in [2.05, 4.69) is 20.9 Å². The first-order valence-electron chi connectivity index (χ1n) is 14.2. The van der Waals surface area contributed by atoms with E-state index in [0.29, 0.717) is 45.3 Å². The minimum Gasteiger partial charge on any atom is -0.462 e. The van der Waals surface area contributed by atoms with Crippen LogP contribution in [-0.2, 0) is 20.8 Å². The van der Waals surface area contributed by atoms with E-state index >= 15 is 0 Å². The van der Waals surface area contributed by atoms with Gasteiger partial charge in [0.15, 0.2) is 5.78 Å². The van der Waals surface area contributed by atoms with Gasteiger partial charge in [0.2, 0.25) is 0 Å². The third kappa shape index (κ3) is 6.75. The first-order chi connectivity index (χ1) is 20.9. The van der Waals surface area contributed by atoms with Crippen LogP contribution in [0.4, 0.5) is 9.18 Å². The molecule has 5 rings (SSSR count). The van der Waals surface area contributed by atoms with Crippen molar-refractivity contribution in [3.05, 3.63) is 98.7 Å². The molecule has 2 aliphatic heterocycles. The summed E-state index contributed by atoms with van der Waals surface area (Å²) in [5.41, 5.74) is 6.92. The average Bonchev–Trinajstić information content (AvgIpc) is 3.44. The molecule has 1 unspecified atom stereocenters. The zero-order chi connectivity index (χ0) is 31.6. The molecule has 1 aromatic carbocycles. The Morgan fingerprint density at radius 3 is 2.86 bits per heavy atom. The van der Waals surface area contributed by atoms with Gasteiger partial charge in [-0.15, -0.1) is 11.3 Å². The molecule has 44 heavy (non-hydrogen) atoms. The van der Waals surface area contributed by atoms with Gasteiger partial charge in [0, 0.05) is 4.88 Å². The number of nitrogens with one attached hydrogen (secondary N) is 4. The maximum atomic E-state index is 14.3. The van der Waals surface area contributed by atoms with Crippen LogP contribution in [0.5, 0.6) is 0 Å². The molecule has 1 aliphatic carbocycles. The fourth-order valence-corrected chi connectivity index (χ4v) is 5.92. The minimum absolute atomic E-state index is 0.127. The second-order valence-corrected chi connectivity index (χ2v) is 12.7. The lowest BCUT2D eigenvalue weighted by molar-refractivity contribution is -0.118. The standard InChI is InChI=1S/C32H35FN6O4S/c1-17(28-24(18-8-7-9-19(33)14-18)27(40)21-10-5-6-11-22(21)42-28)39-30-25(29(35)37-16-38-30)26(34)23-13-12-20(44-23)15-36-31(41)43-32(2,3)4/h5-9,11-14,17,21,34,38-39H,10,15-16H2,1-4H3,(H2,35,37)(H,36,41)/t17?,21-/m1/s1. The average molecular weight is 619 g/mol. The van der Waals surface area contributed by atoms with E-state index in [1.54, 1.807) is 45.0 Å². The number of hydrogen-bond acceptors (Lipinski definition) is 10. The van der Waals surface area contributed by atoms with Crippen LogP contribution in [0.3, 0.4) is 0 Å². The molecule has 10 nitrogen and oxygen atoms in total. The number of carbonyl (C=O) groups is 2. The lowest BCUT2D eigenvalue weighted by atomic mass is 9.83. The van der Waals surface area contributed by atoms with Crippen LogP contribution >= 0.6 is 11.3 Å². The summed E-state index contributed by atoms with van der Waals surface area (Å²) in [5.74, 6) is 0.403. The topological polar surface area (TPSA) is 151 Å². The number of Topliss-reactive ketones (excluding diaryl/α,β-unsaturated/α-hetero) is 1. The first kappa shape index (κ1) is 30.7. The Bertz CT molecular complexity index is 1660. The molecule has 6 N–H and O–H groups in total. The second-order valence-electron chi connectivity index (χ2n) is 11.5. The summed E-state index contributed by atoms with van der Waals surface area (Å²) in [6.45, 7) is 7.62. The summed E-state index contributed by atoms with van der Waals surface area (Å²) in [6, 6.07) is 8.93. The maximum absolute atomic E-state index is 14.3. The van der Waals surface area contributed by atoms with E-state index in [0.717, 1.165) is 4.88 Å². The van der Waals surface area contributed by atoms with Crippen LogP contribution < -0.4 is 21.7 Å². The fraction of sp³-hybridized carbons (Fsp3) is 0.312. The Morgan fingerprint density at radius 1 is 1.32 bits per heavy atom. The van der Waals surface area contributed by atoms with E-state index in [9.17, 15) is 14.0 Å². The van der Waals surface area contributed by atoms with E-state index in [1.165, 1.54) is 23.5 Å². The second kappa shape index (κ2) is 12.5. The van der Waals surface area contributed by atoms with Crippen molar-refractivity contribution >= 4 is 40.3 Å². The largest absolute Gasteiger partial charge is 0.462 e. The van der Waals surface area contributed by atoms with Crippen molar-refractivity contribution in [1.82, 2.24) is 16.0 Å². The number of ether oxygens (including phenoxy) is 2. The number of hydrogen-bond donors (Lipinski definition) is 5. The third-order valence-corrected chi connectivity index (χ3v) is 8.09. The number of rotatable bonds is 8. The number of allylic oxidation sites excluding steroid dienone is 5. The molecule has 12 heteroatoms. The Labute approximate surface area is 259 Å². The molecular weight excluding hydrogens is 583 g/mol. The SMILES string of the molecule is CC(NC1=C(C(=N)c2ccc(CNC(=O)OC(C)(C)C)s2)C(N)=NCN1)C1=C(c2cccc(F)c2)C(=O)[C@@H]2CC=CC=C2O1. The summed E-state index contributed by atoms with van der Waals surface area (Å²) in [5, 5.41) is 18.2. The molecule has 0 bridgehead atoms. The van der Waals surface area contributed by atoms with Gasteiger partial charge >= 0.3 is 6.09 Å². The molecule has 2 atom stereocenters. The van der Waals surface area contributed by atoms with Crippen LogP contribution in [0, 0.1) is 17.1 Å². The van der Waals surface area contributed by atoms with Gasteiger partial charge in [0.05, 0.1) is 40.2 Å². The number of halogens is 1. The Kier molecular flexibility index (Phi) is 8.73. The molecule has 2 aromatic rings. The molecule has 0 spiro atoms. The molecule has 0 fully saturated rings. The van der Waals surface area contributed by atoms with Gasteiger partial charge in [-0.2, -0.15) is 0 Å². The van der Waals surface area contributed by atoms with Crippen molar-refractivity contribution < 1.29 is 23.5 Å². The van der Waals surface area contributed by atoms with Crippen LogP contribution in [0.2, 0.25) is 0 Å². The summed E-state index contributed by atoms with van der Waals surface area (Å²) in [6.07, 6.45) is 5.50. The highest BCUT2D eigenvalue weighted by molar-refractivity contribution is 7.14. The smallest absolute Gasteiger partial charge is 0.407 e. The zero-order valence-corrected chi connectivity index (χ0v) is 25.7. The molecule has 3 aliphatic rings. The summed E-state index contributed by atoms with van der Waals surface area (Å²) < 4.78 is 25.9. The highest BCUT2D eigenvalue weighted by Crippen LogP contribution is 2.39. The number of carbonyl (C=O) groups excluding carboxylic acids is 2. The number of thiophene rings is 1. The lowest BCUT2D eigenvalue weighted by Crippen LogP contribution is -2.43. The zero-order valence-electron chi connectivity index (χ0n) is 24.9. The van der Waals surface area contributed by atoms with Gasteiger partial charge in [-0.25, -0.2) is 14.2 Å². The fourth-order valence-electron chi connectivity index (χ4n) is 5.02. The molecule has 230 valence electrons. The number of ketones is 1. The number of nitrogens with zero attached hydrogens (tertiary/aromatic N) is 1. The van der Waals surface area contributed by atoms with E-state index < -0.39 is 29.5 Å². The van der Waals surface area contributed by atoms with Gasteiger partial charge in [-0.3, -0.25) is 10.2 Å². The van der Waals surface area contributed by atoms with Crippen LogP contribution in [0.15, 0.2) is 82.5 Å². The number of nitrogens with two attached hydrogens (primary N) is 1. The van der Waals surface area contributed by atoms with E-state index in [4.69, 9.17) is 20.6 Å². The van der Waals surface area contributed by atoms with Crippen molar-refractivity contribution in [3.8, 4) is 0 Å². The summed E-state index contributed by atoms with van der Waals surface area (Å²) in [7, 11) is 0. The predicted octanol–water partition coefficient (Wildman–Crippen LogP) is 4.86. The quantitative estimate of drug-likeness (QED) is 0.265. The van der Waals surface area contributed by atoms with Crippen molar-refractivity contribution in [2.24, 2.45) is 16.6 Å². The number of alkyl carbamates (subject to hydrolysis) is 1. The summed E-state index contributed by atoms with van der Waals surface area (Å²) in [4.78, 5) is 31.6. The van der Waals surface area contributed by atoms with Gasteiger partial charge in [-0.1, -0.05) is 24.3 Å². The Morgan fingerprint density at radius 2 is 2.11 bits per heavy atom. The number of benzene rings is 1. The Balaban J connectivity index is 1.43. The highest BCUT2D eigenvalue weighted by atomic mass is 32.1. The minimum atomic E-state index is -0.610. The number of aliphatic imine (C=N–C) groups is 1. The molecule has 0 saturated heterocycles. The Hall–Kier alpha value is -4.71. The molecule has 1 aromatic heterocycles. The third-order valence-electron chi connectivity index (χ3n) is 6.99. The molecule has 0 radical (unpaired) electrons. The molecule has 0 saturated carbocycles. The summed E-state index contributed by atoms with van der Waals surface area (Å²) >= 11 is 1.33. The first-order valence-corrected chi connectivity index (χ1v) is 15.0. The van der Waals surface area contributed by atoms with Crippen molar-refractivity contribution in [2.45, 2.75) is 52.3 Å². The van der Waals surface area contributed by atoms with Gasteiger partial charge < -0.3 is 31.2 Å². The van der Waals surface area contributed by atoms with Crippen molar-refractivity contribution in [1.29, 1.82) is 5.41 Å². The van der Waals surface area contributed by atoms with E-state index in [-0.39, 0.29) is 30.5 Å². The molecule has 1 amide bonds. The molecule has 3 heterocycles. The van der Waals surface area contributed by atoms with Crippen molar-refractivity contribution in [2.75, 3.05) is 6.67 Å². The lowest BCUT2D eigenvalue weighted by Gasteiger charge is -2.33. The number of fused-ring (bicyclic) bond motifs is 1. The monoisotopic (exact) mass is 618 g/mol. The molecular formula is C32H35FN6O4S. The van der Waals surface area contributed by atoms with Crippen LogP contribution in [-0.4, -0.2) is 41.7 Å². The number of amides is 1.